The normalized spacial score (nSPS) is 16.0. The Morgan fingerprint density at radius 3 is 2.75 bits per heavy atom. The monoisotopic (exact) mass is 448 g/mol. The Morgan fingerprint density at radius 2 is 1.97 bits per heavy atom. The van der Waals surface area contributed by atoms with Crippen LogP contribution in [0.5, 0.6) is 0 Å². The lowest BCUT2D eigenvalue weighted by Crippen LogP contribution is -2.31. The molecule has 4 aromatic rings. The van der Waals surface area contributed by atoms with Gasteiger partial charge in [0.2, 0.25) is 11.7 Å². The molecule has 0 radical (unpaired) electrons. The first-order valence-electron chi connectivity index (χ1n) is 10.4. The van der Waals surface area contributed by atoms with Gasteiger partial charge in [0.1, 0.15) is 6.04 Å². The fourth-order valence-corrected chi connectivity index (χ4v) is 4.45. The van der Waals surface area contributed by atoms with Gasteiger partial charge in [-0.15, -0.1) is 0 Å². The van der Waals surface area contributed by atoms with Crippen LogP contribution in [0.1, 0.15) is 46.3 Å². The van der Waals surface area contributed by atoms with Gasteiger partial charge >= 0.3 is 0 Å². The number of hydrogen-bond donors (Lipinski definition) is 0. The standard InChI is InChI=1S/C23H21ClN6O2/c1-14-8-9-18(30-25-10-11-26-30)16(13-14)23(31)29-12-4-7-19(29)22-27-21(28-32-22)20-15(2)5-3-6-17(20)24/h3,5-6,8-11,13,19H,4,7,12H2,1-2H3. The van der Waals surface area contributed by atoms with Crippen LogP contribution in [-0.4, -0.2) is 42.5 Å². The van der Waals surface area contributed by atoms with Crippen LogP contribution in [0.2, 0.25) is 5.02 Å². The highest BCUT2D eigenvalue weighted by molar-refractivity contribution is 6.33. The van der Waals surface area contributed by atoms with Gasteiger partial charge in [0, 0.05) is 12.1 Å². The van der Waals surface area contributed by atoms with Gasteiger partial charge in [0.05, 0.1) is 28.7 Å². The minimum Gasteiger partial charge on any atom is -0.337 e. The SMILES string of the molecule is Cc1ccc(-n2nccn2)c(C(=O)N2CCCC2c2nc(-c3c(C)cccc3Cl)no2)c1. The van der Waals surface area contributed by atoms with Crippen LogP contribution >= 0.6 is 11.6 Å². The lowest BCUT2D eigenvalue weighted by Gasteiger charge is -2.23. The second kappa shape index (κ2) is 8.20. The van der Waals surface area contributed by atoms with Crippen molar-refractivity contribution in [1.82, 2.24) is 30.0 Å². The van der Waals surface area contributed by atoms with Crippen LogP contribution in [0.15, 0.2) is 53.3 Å². The Kier molecular flexibility index (Phi) is 5.22. The zero-order valence-corrected chi connectivity index (χ0v) is 18.5. The number of nitrogens with zero attached hydrogens (tertiary/aromatic N) is 6. The Balaban J connectivity index is 1.49. The van der Waals surface area contributed by atoms with E-state index in [9.17, 15) is 4.79 Å². The first-order chi connectivity index (χ1) is 15.5. The number of likely N-dealkylation sites (tertiary alicyclic amines) is 1. The van der Waals surface area contributed by atoms with Crippen molar-refractivity contribution in [2.45, 2.75) is 32.7 Å². The molecule has 5 rings (SSSR count). The number of carbonyl (C=O) groups is 1. The summed E-state index contributed by atoms with van der Waals surface area (Å²) in [6.45, 7) is 4.51. The van der Waals surface area contributed by atoms with E-state index >= 15 is 0 Å². The number of amides is 1. The fraction of sp³-hybridized carbons (Fsp3) is 0.261. The van der Waals surface area contributed by atoms with E-state index in [4.69, 9.17) is 16.1 Å². The number of hydrogen-bond acceptors (Lipinski definition) is 6. The molecular weight excluding hydrogens is 428 g/mol. The Hall–Kier alpha value is -3.52. The lowest BCUT2D eigenvalue weighted by atomic mass is 10.1. The maximum Gasteiger partial charge on any atom is 0.256 e. The molecular formula is C23H21ClN6O2. The smallest absolute Gasteiger partial charge is 0.256 e. The molecule has 1 aliphatic rings. The molecule has 0 saturated carbocycles. The lowest BCUT2D eigenvalue weighted by molar-refractivity contribution is 0.0709. The van der Waals surface area contributed by atoms with Crippen molar-refractivity contribution in [2.24, 2.45) is 0 Å². The second-order valence-electron chi connectivity index (χ2n) is 7.88. The Morgan fingerprint density at radius 1 is 1.16 bits per heavy atom. The third kappa shape index (κ3) is 3.56. The van der Waals surface area contributed by atoms with E-state index in [2.05, 4.69) is 20.3 Å². The maximum atomic E-state index is 13.6. The van der Waals surface area contributed by atoms with E-state index in [-0.39, 0.29) is 11.9 Å². The van der Waals surface area contributed by atoms with Crippen LogP contribution in [0.3, 0.4) is 0 Å². The second-order valence-corrected chi connectivity index (χ2v) is 8.29. The average molecular weight is 449 g/mol. The molecule has 2 aromatic carbocycles. The number of aromatic nitrogens is 5. The van der Waals surface area contributed by atoms with Crippen molar-refractivity contribution >= 4 is 17.5 Å². The minimum absolute atomic E-state index is 0.114. The molecule has 1 aliphatic heterocycles. The van der Waals surface area contributed by atoms with Crippen LogP contribution in [0.4, 0.5) is 0 Å². The Bertz CT molecular complexity index is 1260. The summed E-state index contributed by atoms with van der Waals surface area (Å²) in [5, 5.41) is 13.1. The molecule has 0 aliphatic carbocycles. The molecule has 0 bridgehead atoms. The van der Waals surface area contributed by atoms with Crippen LogP contribution in [0.25, 0.3) is 17.1 Å². The first kappa shape index (κ1) is 20.4. The topological polar surface area (TPSA) is 89.9 Å². The van der Waals surface area contributed by atoms with Crippen molar-refractivity contribution in [3.8, 4) is 17.1 Å². The number of halogens is 1. The predicted molar refractivity (Wildman–Crippen MR) is 119 cm³/mol. The average Bonchev–Trinajstić information content (AvgIpc) is 3.54. The van der Waals surface area contributed by atoms with Crippen molar-refractivity contribution in [3.05, 3.63) is 76.4 Å². The fourth-order valence-electron chi connectivity index (χ4n) is 4.14. The quantitative estimate of drug-likeness (QED) is 0.454. The summed E-state index contributed by atoms with van der Waals surface area (Å²) < 4.78 is 5.61. The molecule has 1 saturated heterocycles. The van der Waals surface area contributed by atoms with Gasteiger partial charge in [-0.05, 0) is 50.5 Å². The molecule has 3 heterocycles. The zero-order valence-electron chi connectivity index (χ0n) is 17.7. The van der Waals surface area contributed by atoms with Crippen molar-refractivity contribution in [3.63, 3.8) is 0 Å². The van der Waals surface area contributed by atoms with E-state index < -0.39 is 0 Å². The summed E-state index contributed by atoms with van der Waals surface area (Å²) in [6, 6.07) is 11.0. The summed E-state index contributed by atoms with van der Waals surface area (Å²) >= 11 is 6.37. The molecule has 0 N–H and O–H groups in total. The maximum absolute atomic E-state index is 13.6. The molecule has 1 fully saturated rings. The third-order valence-corrected chi connectivity index (χ3v) is 6.02. The zero-order chi connectivity index (χ0) is 22.2. The Labute approximate surface area is 189 Å². The van der Waals surface area contributed by atoms with Gasteiger partial charge in [-0.3, -0.25) is 4.79 Å². The molecule has 9 heteroatoms. The van der Waals surface area contributed by atoms with Crippen molar-refractivity contribution in [1.29, 1.82) is 0 Å². The van der Waals surface area contributed by atoms with E-state index in [1.54, 1.807) is 23.4 Å². The van der Waals surface area contributed by atoms with E-state index in [0.717, 1.165) is 29.5 Å². The molecule has 0 spiro atoms. The summed E-state index contributed by atoms with van der Waals surface area (Å²) in [4.78, 5) is 21.5. The molecule has 162 valence electrons. The highest BCUT2D eigenvalue weighted by Gasteiger charge is 2.36. The third-order valence-electron chi connectivity index (χ3n) is 5.70. The van der Waals surface area contributed by atoms with Crippen molar-refractivity contribution in [2.75, 3.05) is 6.54 Å². The molecule has 1 atom stereocenters. The summed E-state index contributed by atoms with van der Waals surface area (Å²) in [5.41, 5.74) is 3.85. The predicted octanol–water partition coefficient (Wildman–Crippen LogP) is 4.56. The minimum atomic E-state index is -0.300. The molecule has 1 amide bonds. The van der Waals surface area contributed by atoms with Gasteiger partial charge in [-0.1, -0.05) is 40.5 Å². The van der Waals surface area contributed by atoms with Crippen LogP contribution in [0, 0.1) is 13.8 Å². The van der Waals surface area contributed by atoms with Crippen molar-refractivity contribution < 1.29 is 9.32 Å². The summed E-state index contributed by atoms with van der Waals surface area (Å²) in [7, 11) is 0. The van der Waals surface area contributed by atoms with E-state index in [0.29, 0.717) is 34.5 Å². The van der Waals surface area contributed by atoms with Gasteiger partial charge < -0.3 is 9.42 Å². The number of benzene rings is 2. The van der Waals surface area contributed by atoms with Gasteiger partial charge in [0.15, 0.2) is 0 Å². The molecule has 2 aromatic heterocycles. The summed E-state index contributed by atoms with van der Waals surface area (Å²) in [6.07, 6.45) is 4.77. The first-order valence-corrected chi connectivity index (χ1v) is 10.8. The van der Waals surface area contributed by atoms with E-state index in [1.807, 2.05) is 44.2 Å². The van der Waals surface area contributed by atoms with Gasteiger partial charge in [-0.2, -0.15) is 20.0 Å². The highest BCUT2D eigenvalue weighted by atomic mass is 35.5. The van der Waals surface area contributed by atoms with Gasteiger partial charge in [-0.25, -0.2) is 0 Å². The molecule has 1 unspecified atom stereocenters. The van der Waals surface area contributed by atoms with E-state index in [1.165, 1.54) is 4.80 Å². The highest BCUT2D eigenvalue weighted by Crippen LogP contribution is 2.35. The molecule has 32 heavy (non-hydrogen) atoms. The number of carbonyl (C=O) groups excluding carboxylic acids is 1. The largest absolute Gasteiger partial charge is 0.337 e. The van der Waals surface area contributed by atoms with Crippen LogP contribution in [-0.2, 0) is 0 Å². The summed E-state index contributed by atoms with van der Waals surface area (Å²) in [5.74, 6) is 0.730. The van der Waals surface area contributed by atoms with Crippen LogP contribution < -0.4 is 0 Å². The number of aryl methyl sites for hydroxylation is 2. The van der Waals surface area contributed by atoms with Gasteiger partial charge in [0.25, 0.3) is 5.91 Å². The molecule has 8 nitrogen and oxygen atoms in total. The number of rotatable bonds is 4.